The second-order valence-electron chi connectivity index (χ2n) is 4.98. The van der Waals surface area contributed by atoms with Gasteiger partial charge in [-0.3, -0.25) is 14.5 Å². The second-order valence-corrected chi connectivity index (χ2v) is 4.98. The molecule has 2 aliphatic rings. The Kier molecular flexibility index (Phi) is 3.13. The van der Waals surface area contributed by atoms with Gasteiger partial charge in [-0.15, -0.1) is 0 Å². The number of imide groups is 1. The smallest absolute Gasteiger partial charge is 0.256 e. The first-order chi connectivity index (χ1) is 7.61. The Labute approximate surface area is 96.5 Å². The third-order valence-electron chi connectivity index (χ3n) is 3.87. The van der Waals surface area contributed by atoms with Crippen LogP contribution in [0.1, 0.15) is 46.0 Å². The summed E-state index contributed by atoms with van der Waals surface area (Å²) in [5.74, 6) is 0.282. The molecule has 1 saturated carbocycles. The largest absolute Gasteiger partial charge is 0.272 e. The normalized spacial score (nSPS) is 24.9. The lowest BCUT2D eigenvalue weighted by Gasteiger charge is -2.33. The maximum atomic E-state index is 11.8. The molecule has 3 heteroatoms. The molecule has 0 aromatic carbocycles. The van der Waals surface area contributed by atoms with Crippen LogP contribution in [0.4, 0.5) is 0 Å². The van der Waals surface area contributed by atoms with Gasteiger partial charge in [0.2, 0.25) is 0 Å². The highest BCUT2D eigenvalue weighted by atomic mass is 16.2. The SMILES string of the molecule is CC1=CC(=O)N(C(C)C2CCCCC2)C1=O. The van der Waals surface area contributed by atoms with Gasteiger partial charge in [0.05, 0.1) is 0 Å². The van der Waals surface area contributed by atoms with Crippen molar-refractivity contribution < 1.29 is 9.59 Å². The van der Waals surface area contributed by atoms with Crippen LogP contribution in [-0.2, 0) is 9.59 Å². The minimum Gasteiger partial charge on any atom is -0.272 e. The molecular formula is C13H19NO2. The highest BCUT2D eigenvalue weighted by Gasteiger charge is 2.36. The van der Waals surface area contributed by atoms with E-state index in [4.69, 9.17) is 0 Å². The van der Waals surface area contributed by atoms with Gasteiger partial charge in [0, 0.05) is 17.7 Å². The van der Waals surface area contributed by atoms with Gasteiger partial charge in [0.25, 0.3) is 11.8 Å². The summed E-state index contributed by atoms with van der Waals surface area (Å²) >= 11 is 0. The fourth-order valence-electron chi connectivity index (χ4n) is 2.82. The molecule has 1 aliphatic heterocycles. The van der Waals surface area contributed by atoms with Crippen molar-refractivity contribution in [3.63, 3.8) is 0 Å². The minimum absolute atomic E-state index is 0.0639. The van der Waals surface area contributed by atoms with Gasteiger partial charge in [-0.25, -0.2) is 0 Å². The molecule has 0 radical (unpaired) electrons. The Morgan fingerprint density at radius 3 is 2.38 bits per heavy atom. The summed E-state index contributed by atoms with van der Waals surface area (Å²) in [5.41, 5.74) is 0.577. The van der Waals surface area contributed by atoms with Crippen molar-refractivity contribution in [2.24, 2.45) is 5.92 Å². The molecule has 0 spiro atoms. The highest BCUT2D eigenvalue weighted by Crippen LogP contribution is 2.30. The van der Waals surface area contributed by atoms with Crippen LogP contribution in [-0.4, -0.2) is 22.8 Å². The summed E-state index contributed by atoms with van der Waals surface area (Å²) in [4.78, 5) is 25.0. The molecule has 2 amide bonds. The summed E-state index contributed by atoms with van der Waals surface area (Å²) in [5, 5.41) is 0. The molecule has 1 fully saturated rings. The predicted molar refractivity (Wildman–Crippen MR) is 61.6 cm³/mol. The predicted octanol–water partition coefficient (Wildman–Crippen LogP) is 2.27. The van der Waals surface area contributed by atoms with E-state index in [0.717, 1.165) is 12.8 Å². The second kappa shape index (κ2) is 4.40. The molecule has 3 nitrogen and oxygen atoms in total. The van der Waals surface area contributed by atoms with Crippen molar-refractivity contribution in [3.8, 4) is 0 Å². The fraction of sp³-hybridized carbons (Fsp3) is 0.692. The molecule has 0 aromatic rings. The summed E-state index contributed by atoms with van der Waals surface area (Å²) in [7, 11) is 0. The first-order valence-electron chi connectivity index (χ1n) is 6.17. The van der Waals surface area contributed by atoms with Crippen LogP contribution in [0.2, 0.25) is 0 Å². The van der Waals surface area contributed by atoms with Gasteiger partial charge in [0.15, 0.2) is 0 Å². The van der Waals surface area contributed by atoms with E-state index in [1.54, 1.807) is 6.92 Å². The summed E-state index contributed by atoms with van der Waals surface area (Å²) < 4.78 is 0. The molecule has 1 unspecified atom stereocenters. The number of hydrogen-bond donors (Lipinski definition) is 0. The Balaban J connectivity index is 2.07. The molecule has 0 N–H and O–H groups in total. The number of carbonyl (C=O) groups is 2. The number of nitrogens with zero attached hydrogens (tertiary/aromatic N) is 1. The quantitative estimate of drug-likeness (QED) is 0.671. The molecule has 16 heavy (non-hydrogen) atoms. The van der Waals surface area contributed by atoms with E-state index in [1.165, 1.54) is 30.2 Å². The average Bonchev–Trinajstić information content (AvgIpc) is 2.54. The highest BCUT2D eigenvalue weighted by molar-refractivity contribution is 6.16. The Bertz CT molecular complexity index is 340. The number of hydrogen-bond acceptors (Lipinski definition) is 2. The zero-order valence-corrected chi connectivity index (χ0v) is 10.0. The Morgan fingerprint density at radius 2 is 1.88 bits per heavy atom. The third-order valence-corrected chi connectivity index (χ3v) is 3.87. The van der Waals surface area contributed by atoms with E-state index in [1.807, 2.05) is 6.92 Å². The van der Waals surface area contributed by atoms with Crippen molar-refractivity contribution in [2.75, 3.05) is 0 Å². The van der Waals surface area contributed by atoms with Crippen molar-refractivity contribution in [2.45, 2.75) is 52.0 Å². The summed E-state index contributed by atoms with van der Waals surface area (Å²) in [6.07, 6.45) is 7.52. The van der Waals surface area contributed by atoms with Crippen LogP contribution in [0.5, 0.6) is 0 Å². The Morgan fingerprint density at radius 1 is 1.25 bits per heavy atom. The van der Waals surface area contributed by atoms with Crippen molar-refractivity contribution >= 4 is 11.8 Å². The lowest BCUT2D eigenvalue weighted by atomic mass is 9.84. The zero-order chi connectivity index (χ0) is 11.7. The van der Waals surface area contributed by atoms with E-state index in [-0.39, 0.29) is 17.9 Å². The van der Waals surface area contributed by atoms with Crippen molar-refractivity contribution in [1.82, 2.24) is 4.90 Å². The van der Waals surface area contributed by atoms with E-state index < -0.39 is 0 Å². The summed E-state index contributed by atoms with van der Waals surface area (Å²) in [6.45, 7) is 3.73. The van der Waals surface area contributed by atoms with Crippen LogP contribution in [0, 0.1) is 5.92 Å². The van der Waals surface area contributed by atoms with Gasteiger partial charge in [-0.2, -0.15) is 0 Å². The fourth-order valence-corrected chi connectivity index (χ4v) is 2.82. The average molecular weight is 221 g/mol. The first-order valence-corrected chi connectivity index (χ1v) is 6.17. The minimum atomic E-state index is -0.124. The van der Waals surface area contributed by atoms with Crippen LogP contribution >= 0.6 is 0 Å². The van der Waals surface area contributed by atoms with Crippen LogP contribution in [0.15, 0.2) is 11.6 Å². The van der Waals surface area contributed by atoms with Crippen LogP contribution < -0.4 is 0 Å². The lowest BCUT2D eigenvalue weighted by Crippen LogP contribution is -2.43. The molecule has 0 saturated heterocycles. The molecule has 1 aliphatic carbocycles. The first kappa shape index (κ1) is 11.4. The third kappa shape index (κ3) is 1.91. The van der Waals surface area contributed by atoms with Crippen LogP contribution in [0.3, 0.4) is 0 Å². The van der Waals surface area contributed by atoms with Crippen molar-refractivity contribution in [1.29, 1.82) is 0 Å². The van der Waals surface area contributed by atoms with Crippen LogP contribution in [0.25, 0.3) is 0 Å². The maximum absolute atomic E-state index is 11.8. The van der Waals surface area contributed by atoms with E-state index >= 15 is 0 Å². The van der Waals surface area contributed by atoms with Gasteiger partial charge >= 0.3 is 0 Å². The van der Waals surface area contributed by atoms with Gasteiger partial charge in [-0.05, 0) is 32.6 Å². The van der Waals surface area contributed by atoms with E-state index in [2.05, 4.69) is 0 Å². The molecule has 0 aromatic heterocycles. The van der Waals surface area contributed by atoms with Crippen molar-refractivity contribution in [3.05, 3.63) is 11.6 Å². The zero-order valence-electron chi connectivity index (χ0n) is 10.0. The maximum Gasteiger partial charge on any atom is 0.256 e. The molecule has 2 rings (SSSR count). The standard InChI is InChI=1S/C13H19NO2/c1-9-8-12(15)14(13(9)16)10(2)11-6-4-3-5-7-11/h8,10-11H,3-7H2,1-2H3. The van der Waals surface area contributed by atoms with Gasteiger partial charge < -0.3 is 0 Å². The van der Waals surface area contributed by atoms with Gasteiger partial charge in [-0.1, -0.05) is 19.3 Å². The number of rotatable bonds is 2. The Hall–Kier alpha value is -1.12. The molecule has 0 bridgehead atoms. The summed E-state index contributed by atoms with van der Waals surface area (Å²) in [6, 6.07) is 0.0639. The molecular weight excluding hydrogens is 202 g/mol. The molecule has 88 valence electrons. The van der Waals surface area contributed by atoms with E-state index in [0.29, 0.717) is 11.5 Å². The monoisotopic (exact) mass is 221 g/mol. The van der Waals surface area contributed by atoms with Gasteiger partial charge in [0.1, 0.15) is 0 Å². The lowest BCUT2D eigenvalue weighted by molar-refractivity contribution is -0.141. The molecule has 1 atom stereocenters. The number of amides is 2. The molecule has 1 heterocycles. The number of carbonyl (C=O) groups excluding carboxylic acids is 2. The topological polar surface area (TPSA) is 37.4 Å². The van der Waals surface area contributed by atoms with E-state index in [9.17, 15) is 9.59 Å².